The Morgan fingerprint density at radius 1 is 1.17 bits per heavy atom. The van der Waals surface area contributed by atoms with Gasteiger partial charge in [-0.3, -0.25) is 4.79 Å². The highest BCUT2D eigenvalue weighted by Gasteiger charge is 2.18. The molecule has 0 amide bonds. The molecule has 0 aliphatic rings. The molecule has 2 heteroatoms. The Bertz CT molecular complexity index is 557. The molecule has 18 heavy (non-hydrogen) atoms. The van der Waals surface area contributed by atoms with Gasteiger partial charge in [0, 0.05) is 11.1 Å². The van der Waals surface area contributed by atoms with Gasteiger partial charge in [-0.25, -0.2) is 0 Å². The van der Waals surface area contributed by atoms with E-state index in [0.717, 1.165) is 11.3 Å². The van der Waals surface area contributed by atoms with Gasteiger partial charge in [0.05, 0.1) is 6.26 Å². The Morgan fingerprint density at radius 3 is 2.39 bits per heavy atom. The maximum Gasteiger partial charge on any atom is 0.160 e. The summed E-state index contributed by atoms with van der Waals surface area (Å²) in [6, 6.07) is 9.68. The van der Waals surface area contributed by atoms with Crippen LogP contribution in [0.1, 0.15) is 43.6 Å². The summed E-state index contributed by atoms with van der Waals surface area (Å²) in [6.07, 6.45) is 1.63. The van der Waals surface area contributed by atoms with Crippen LogP contribution < -0.4 is 0 Å². The third-order valence-electron chi connectivity index (χ3n) is 3.05. The normalized spacial score (nSPS) is 11.6. The lowest BCUT2D eigenvalue weighted by atomic mass is 9.84. The van der Waals surface area contributed by atoms with Crippen molar-refractivity contribution in [2.75, 3.05) is 0 Å². The van der Waals surface area contributed by atoms with Gasteiger partial charge in [-0.2, -0.15) is 0 Å². The largest absolute Gasteiger partial charge is 0.464 e. The first-order valence-corrected chi connectivity index (χ1v) is 6.09. The van der Waals surface area contributed by atoms with E-state index in [1.807, 2.05) is 24.3 Å². The summed E-state index contributed by atoms with van der Waals surface area (Å²) in [5.41, 5.74) is 2.83. The van der Waals surface area contributed by atoms with Gasteiger partial charge >= 0.3 is 0 Å². The highest BCUT2D eigenvalue weighted by molar-refractivity contribution is 6.00. The van der Waals surface area contributed by atoms with Crippen molar-refractivity contribution in [3.63, 3.8) is 0 Å². The van der Waals surface area contributed by atoms with E-state index in [0.29, 0.717) is 5.56 Å². The lowest BCUT2D eigenvalue weighted by Crippen LogP contribution is -2.12. The number of ketones is 1. The predicted octanol–water partition coefficient (Wildman–Crippen LogP) is 4.45. The first-order valence-electron chi connectivity index (χ1n) is 6.09. The van der Waals surface area contributed by atoms with E-state index in [2.05, 4.69) is 26.8 Å². The first kappa shape index (κ1) is 12.6. The van der Waals surface area contributed by atoms with E-state index >= 15 is 0 Å². The SMILES string of the molecule is CC(=O)c1ccc(C(C)(C)C)cc1-c1ccco1. The summed E-state index contributed by atoms with van der Waals surface area (Å²) in [5.74, 6) is 0.799. The molecule has 0 radical (unpaired) electrons. The number of carbonyl (C=O) groups excluding carboxylic acids is 1. The van der Waals surface area contributed by atoms with Crippen LogP contribution >= 0.6 is 0 Å². The van der Waals surface area contributed by atoms with Crippen molar-refractivity contribution in [1.82, 2.24) is 0 Å². The summed E-state index contributed by atoms with van der Waals surface area (Å²) in [5, 5.41) is 0. The quantitative estimate of drug-likeness (QED) is 0.728. The van der Waals surface area contributed by atoms with Crippen LogP contribution in [0.2, 0.25) is 0 Å². The van der Waals surface area contributed by atoms with Crippen LogP contribution in [0.5, 0.6) is 0 Å². The molecular formula is C16H18O2. The zero-order chi connectivity index (χ0) is 13.3. The summed E-state index contributed by atoms with van der Waals surface area (Å²) in [7, 11) is 0. The fraction of sp³-hybridized carbons (Fsp3) is 0.312. The standard InChI is InChI=1S/C16H18O2/c1-11(17)13-8-7-12(16(2,3)4)10-14(13)15-6-5-9-18-15/h5-10H,1-4H3. The van der Waals surface area contributed by atoms with E-state index < -0.39 is 0 Å². The van der Waals surface area contributed by atoms with Gasteiger partial charge < -0.3 is 4.42 Å². The molecule has 0 aliphatic heterocycles. The summed E-state index contributed by atoms with van der Waals surface area (Å²) in [4.78, 5) is 11.7. The summed E-state index contributed by atoms with van der Waals surface area (Å²) in [6.45, 7) is 8.05. The molecule has 1 heterocycles. The molecule has 94 valence electrons. The minimum atomic E-state index is 0.0522. The molecule has 0 aliphatic carbocycles. The highest BCUT2D eigenvalue weighted by atomic mass is 16.3. The molecule has 2 rings (SSSR count). The fourth-order valence-corrected chi connectivity index (χ4v) is 1.95. The average Bonchev–Trinajstić information content (AvgIpc) is 2.80. The maximum atomic E-state index is 11.7. The molecule has 0 atom stereocenters. The predicted molar refractivity (Wildman–Crippen MR) is 72.8 cm³/mol. The van der Waals surface area contributed by atoms with Gasteiger partial charge in [0.25, 0.3) is 0 Å². The zero-order valence-corrected chi connectivity index (χ0v) is 11.3. The van der Waals surface area contributed by atoms with Crippen LogP contribution in [0.4, 0.5) is 0 Å². The van der Waals surface area contributed by atoms with Gasteiger partial charge in [0.15, 0.2) is 5.78 Å². The minimum Gasteiger partial charge on any atom is -0.464 e. The molecule has 0 unspecified atom stereocenters. The number of hydrogen-bond donors (Lipinski definition) is 0. The molecule has 0 N–H and O–H groups in total. The second-order valence-electron chi connectivity index (χ2n) is 5.54. The highest BCUT2D eigenvalue weighted by Crippen LogP contribution is 2.31. The number of benzene rings is 1. The number of carbonyl (C=O) groups is 1. The van der Waals surface area contributed by atoms with E-state index in [-0.39, 0.29) is 11.2 Å². The molecule has 2 aromatic rings. The lowest BCUT2D eigenvalue weighted by Gasteiger charge is -2.20. The van der Waals surface area contributed by atoms with Crippen molar-refractivity contribution in [2.45, 2.75) is 33.1 Å². The molecular weight excluding hydrogens is 224 g/mol. The van der Waals surface area contributed by atoms with Crippen molar-refractivity contribution >= 4 is 5.78 Å². The third-order valence-corrected chi connectivity index (χ3v) is 3.05. The Balaban J connectivity index is 2.63. The Kier molecular flexibility index (Phi) is 3.12. The van der Waals surface area contributed by atoms with E-state index in [4.69, 9.17) is 4.42 Å². The van der Waals surface area contributed by atoms with Gasteiger partial charge in [0.1, 0.15) is 5.76 Å². The van der Waals surface area contributed by atoms with Gasteiger partial charge in [-0.15, -0.1) is 0 Å². The fourth-order valence-electron chi connectivity index (χ4n) is 1.95. The van der Waals surface area contributed by atoms with Gasteiger partial charge in [-0.1, -0.05) is 32.9 Å². The van der Waals surface area contributed by atoms with Crippen molar-refractivity contribution in [2.24, 2.45) is 0 Å². The van der Waals surface area contributed by atoms with E-state index in [1.54, 1.807) is 13.2 Å². The van der Waals surface area contributed by atoms with Crippen molar-refractivity contribution in [3.8, 4) is 11.3 Å². The van der Waals surface area contributed by atoms with Crippen molar-refractivity contribution in [1.29, 1.82) is 0 Å². The minimum absolute atomic E-state index is 0.0522. The van der Waals surface area contributed by atoms with Crippen LogP contribution in [0.25, 0.3) is 11.3 Å². The second kappa shape index (κ2) is 4.45. The Labute approximate surface area is 108 Å². The lowest BCUT2D eigenvalue weighted by molar-refractivity contribution is 0.101. The maximum absolute atomic E-state index is 11.7. The monoisotopic (exact) mass is 242 g/mol. The first-order chi connectivity index (χ1) is 8.39. The van der Waals surface area contributed by atoms with Crippen LogP contribution in [-0.4, -0.2) is 5.78 Å². The molecule has 1 aromatic carbocycles. The summed E-state index contributed by atoms with van der Waals surface area (Å²) < 4.78 is 5.43. The topological polar surface area (TPSA) is 30.2 Å². The Hall–Kier alpha value is -1.83. The van der Waals surface area contributed by atoms with Gasteiger partial charge in [-0.05, 0) is 36.1 Å². The van der Waals surface area contributed by atoms with Crippen molar-refractivity contribution in [3.05, 3.63) is 47.7 Å². The smallest absolute Gasteiger partial charge is 0.160 e. The number of Topliss-reactive ketones (excluding diaryl/α,β-unsaturated/α-hetero) is 1. The molecule has 0 saturated heterocycles. The molecule has 0 spiro atoms. The number of furan rings is 1. The average molecular weight is 242 g/mol. The van der Waals surface area contributed by atoms with E-state index in [9.17, 15) is 4.79 Å². The van der Waals surface area contributed by atoms with Crippen LogP contribution in [0, 0.1) is 0 Å². The van der Waals surface area contributed by atoms with Crippen LogP contribution in [0.3, 0.4) is 0 Å². The summed E-state index contributed by atoms with van der Waals surface area (Å²) >= 11 is 0. The van der Waals surface area contributed by atoms with Crippen molar-refractivity contribution < 1.29 is 9.21 Å². The third kappa shape index (κ3) is 2.37. The number of rotatable bonds is 2. The van der Waals surface area contributed by atoms with E-state index in [1.165, 1.54) is 5.56 Å². The molecule has 1 aromatic heterocycles. The van der Waals surface area contributed by atoms with Crippen LogP contribution in [-0.2, 0) is 5.41 Å². The molecule has 2 nitrogen and oxygen atoms in total. The second-order valence-corrected chi connectivity index (χ2v) is 5.54. The molecule has 0 saturated carbocycles. The molecule has 0 bridgehead atoms. The zero-order valence-electron chi connectivity index (χ0n) is 11.3. The van der Waals surface area contributed by atoms with Gasteiger partial charge in [0.2, 0.25) is 0 Å². The van der Waals surface area contributed by atoms with Crippen LogP contribution in [0.15, 0.2) is 41.0 Å². The molecule has 0 fully saturated rings. The Morgan fingerprint density at radius 2 is 1.89 bits per heavy atom. The number of hydrogen-bond acceptors (Lipinski definition) is 2.